The van der Waals surface area contributed by atoms with Crippen molar-refractivity contribution in [1.82, 2.24) is 15.2 Å². The summed E-state index contributed by atoms with van der Waals surface area (Å²) in [4.78, 5) is 57.8. The second-order valence-corrected chi connectivity index (χ2v) is 8.63. The third kappa shape index (κ3) is 6.53. The number of hydrogen-bond donors (Lipinski definition) is 4. The molecule has 0 spiro atoms. The van der Waals surface area contributed by atoms with Gasteiger partial charge in [0.15, 0.2) is 0 Å². The van der Waals surface area contributed by atoms with Gasteiger partial charge in [-0.2, -0.15) is 0 Å². The molecule has 1 atom stereocenters. The molecule has 198 valence electrons. The van der Waals surface area contributed by atoms with Crippen LogP contribution in [0, 0.1) is 13.8 Å². The minimum atomic E-state index is -1.37. The van der Waals surface area contributed by atoms with E-state index in [0.29, 0.717) is 41.9 Å². The number of esters is 1. The van der Waals surface area contributed by atoms with Gasteiger partial charge in [-0.25, -0.2) is 19.5 Å². The number of aryl methyl sites for hydroxylation is 1. The number of aliphatic hydroxyl groups excluding tert-OH is 1. The second-order valence-electron chi connectivity index (χ2n) is 8.63. The molecule has 0 radical (unpaired) electrons. The number of amides is 3. The first-order valence-electron chi connectivity index (χ1n) is 11.8. The minimum absolute atomic E-state index is 0.0956. The summed E-state index contributed by atoms with van der Waals surface area (Å²) in [5.41, 5.74) is 9.06. The number of benzene rings is 1. The van der Waals surface area contributed by atoms with E-state index in [9.17, 15) is 19.2 Å². The summed E-state index contributed by atoms with van der Waals surface area (Å²) >= 11 is 0. The van der Waals surface area contributed by atoms with Gasteiger partial charge in [0.1, 0.15) is 11.9 Å². The Morgan fingerprint density at radius 1 is 1.24 bits per heavy atom. The quantitative estimate of drug-likeness (QED) is 0.170. The van der Waals surface area contributed by atoms with Crippen molar-refractivity contribution in [2.45, 2.75) is 52.7 Å². The van der Waals surface area contributed by atoms with Crippen molar-refractivity contribution >= 4 is 35.4 Å². The lowest BCUT2D eigenvalue weighted by Gasteiger charge is -2.20. The van der Waals surface area contributed by atoms with Gasteiger partial charge in [0.05, 0.1) is 16.9 Å². The standard InChI is InChI=1S/C25H31N5O7/c1-5-27-22(32)16-7-6-13(2)19(10-16)29-21(26)20-14(3)18(11-28-20)23(33)30(17-8-9-17)25(35)37-12-36-24(34)15(4)31/h6-7,10-11,15,17,28,31H,5,8-9,12H2,1-4H3,(H2,26,29)(H,27,32). The number of carbonyl (C=O) groups excluding carboxylic acids is 4. The van der Waals surface area contributed by atoms with Gasteiger partial charge in [-0.3, -0.25) is 9.59 Å². The number of nitrogens with two attached hydrogens (primary N) is 1. The molecule has 5 N–H and O–H groups in total. The van der Waals surface area contributed by atoms with E-state index in [4.69, 9.17) is 15.6 Å². The van der Waals surface area contributed by atoms with Crippen LogP contribution in [-0.4, -0.2) is 70.2 Å². The van der Waals surface area contributed by atoms with Gasteiger partial charge in [0.2, 0.25) is 6.79 Å². The summed E-state index contributed by atoms with van der Waals surface area (Å²) in [7, 11) is 0. The highest BCUT2D eigenvalue weighted by Gasteiger charge is 2.40. The number of H-pyrrole nitrogens is 1. The summed E-state index contributed by atoms with van der Waals surface area (Å²) in [5.74, 6) is -1.69. The van der Waals surface area contributed by atoms with Gasteiger partial charge in [0.25, 0.3) is 11.8 Å². The van der Waals surface area contributed by atoms with E-state index in [1.54, 1.807) is 25.1 Å². The molecule has 2 aromatic rings. The van der Waals surface area contributed by atoms with Gasteiger partial charge < -0.3 is 30.6 Å². The molecule has 0 aliphatic heterocycles. The fourth-order valence-electron chi connectivity index (χ4n) is 3.49. The maximum Gasteiger partial charge on any atom is 0.419 e. The van der Waals surface area contributed by atoms with Crippen LogP contribution in [0.15, 0.2) is 29.4 Å². The van der Waals surface area contributed by atoms with Crippen LogP contribution in [-0.2, 0) is 14.3 Å². The Bertz CT molecular complexity index is 1230. The summed E-state index contributed by atoms with van der Waals surface area (Å²) in [6.07, 6.45) is 0.342. The van der Waals surface area contributed by atoms with E-state index in [1.165, 1.54) is 13.1 Å². The molecule has 12 heteroatoms. The largest absolute Gasteiger partial charge is 0.426 e. The number of aliphatic hydroxyl groups is 1. The van der Waals surface area contributed by atoms with Crippen molar-refractivity contribution in [3.63, 3.8) is 0 Å². The van der Waals surface area contributed by atoms with Gasteiger partial charge >= 0.3 is 12.1 Å². The third-order valence-corrected chi connectivity index (χ3v) is 5.73. The molecule has 12 nitrogen and oxygen atoms in total. The summed E-state index contributed by atoms with van der Waals surface area (Å²) < 4.78 is 9.56. The predicted octanol–water partition coefficient (Wildman–Crippen LogP) is 2.04. The summed E-state index contributed by atoms with van der Waals surface area (Å²) in [5, 5.41) is 11.9. The smallest absolute Gasteiger partial charge is 0.419 e. The number of aromatic nitrogens is 1. The molecule has 3 amide bonds. The van der Waals surface area contributed by atoms with E-state index >= 15 is 0 Å². The number of amidine groups is 1. The van der Waals surface area contributed by atoms with E-state index in [-0.39, 0.29) is 23.3 Å². The van der Waals surface area contributed by atoms with Crippen LogP contribution in [0.1, 0.15) is 64.2 Å². The number of nitrogens with one attached hydrogen (secondary N) is 2. The van der Waals surface area contributed by atoms with Crippen molar-refractivity contribution in [2.75, 3.05) is 13.3 Å². The number of carbonyl (C=O) groups is 4. The monoisotopic (exact) mass is 513 g/mol. The molecule has 1 unspecified atom stereocenters. The Labute approximate surface area is 213 Å². The Kier molecular flexibility index (Phi) is 8.66. The number of aliphatic imine (C=N–C) groups is 1. The van der Waals surface area contributed by atoms with Crippen molar-refractivity contribution in [1.29, 1.82) is 0 Å². The summed E-state index contributed by atoms with van der Waals surface area (Å²) in [6.45, 7) is 6.30. The Morgan fingerprint density at radius 3 is 2.57 bits per heavy atom. The number of rotatable bonds is 9. The average molecular weight is 514 g/mol. The highest BCUT2D eigenvalue weighted by atomic mass is 16.7. The normalized spacial score (nSPS) is 14.0. The molecule has 0 bridgehead atoms. The molecular weight excluding hydrogens is 482 g/mol. The Hall–Kier alpha value is -4.19. The van der Waals surface area contributed by atoms with Crippen LogP contribution in [0.4, 0.5) is 10.5 Å². The fraction of sp³-hybridized carbons (Fsp3) is 0.400. The first-order valence-corrected chi connectivity index (χ1v) is 11.8. The third-order valence-electron chi connectivity index (χ3n) is 5.73. The Balaban J connectivity index is 1.80. The van der Waals surface area contributed by atoms with Crippen molar-refractivity contribution in [2.24, 2.45) is 10.7 Å². The number of imide groups is 1. The molecule has 1 aromatic heterocycles. The molecule has 1 aromatic carbocycles. The molecule has 3 rings (SSSR count). The Morgan fingerprint density at radius 2 is 1.95 bits per heavy atom. The topological polar surface area (TPSA) is 176 Å². The van der Waals surface area contributed by atoms with Crippen LogP contribution in [0.5, 0.6) is 0 Å². The summed E-state index contributed by atoms with van der Waals surface area (Å²) in [6, 6.07) is 4.76. The lowest BCUT2D eigenvalue weighted by Crippen LogP contribution is -2.40. The van der Waals surface area contributed by atoms with Crippen LogP contribution < -0.4 is 11.1 Å². The van der Waals surface area contributed by atoms with Crippen LogP contribution in [0.2, 0.25) is 0 Å². The van der Waals surface area contributed by atoms with Crippen LogP contribution >= 0.6 is 0 Å². The number of nitrogens with zero attached hydrogens (tertiary/aromatic N) is 2. The maximum atomic E-state index is 13.3. The van der Waals surface area contributed by atoms with Crippen LogP contribution in [0.3, 0.4) is 0 Å². The number of aromatic amines is 1. The first kappa shape index (κ1) is 27.4. The zero-order valence-corrected chi connectivity index (χ0v) is 21.2. The highest BCUT2D eigenvalue weighted by Crippen LogP contribution is 2.30. The first-order chi connectivity index (χ1) is 17.5. The maximum absolute atomic E-state index is 13.3. The molecule has 1 aliphatic rings. The number of hydrogen-bond acceptors (Lipinski definition) is 8. The number of ether oxygens (including phenoxy) is 2. The zero-order chi connectivity index (χ0) is 27.3. The van der Waals surface area contributed by atoms with Gasteiger partial charge in [0, 0.05) is 24.3 Å². The minimum Gasteiger partial charge on any atom is -0.426 e. The molecule has 1 aliphatic carbocycles. The SMILES string of the molecule is CCNC(=O)c1ccc(C)c(N=C(N)c2[nH]cc(C(=O)N(C(=O)OCOC(=O)C(C)O)C3CC3)c2C)c1. The van der Waals surface area contributed by atoms with Crippen LogP contribution in [0.25, 0.3) is 0 Å². The molecule has 0 saturated heterocycles. The van der Waals surface area contributed by atoms with E-state index in [1.807, 2.05) is 13.8 Å². The van der Waals surface area contributed by atoms with Gasteiger partial charge in [-0.05, 0) is 63.8 Å². The van der Waals surface area contributed by atoms with Gasteiger partial charge in [-0.15, -0.1) is 0 Å². The van der Waals surface area contributed by atoms with E-state index in [2.05, 4.69) is 20.0 Å². The lowest BCUT2D eigenvalue weighted by atomic mass is 10.1. The lowest BCUT2D eigenvalue weighted by molar-refractivity contribution is -0.161. The average Bonchev–Trinajstić information content (AvgIpc) is 3.60. The zero-order valence-electron chi connectivity index (χ0n) is 21.2. The second kappa shape index (κ2) is 11.7. The fourth-order valence-corrected chi connectivity index (χ4v) is 3.49. The molecule has 37 heavy (non-hydrogen) atoms. The van der Waals surface area contributed by atoms with Gasteiger partial charge in [-0.1, -0.05) is 6.07 Å². The predicted molar refractivity (Wildman–Crippen MR) is 133 cm³/mol. The van der Waals surface area contributed by atoms with E-state index in [0.717, 1.165) is 10.5 Å². The molecule has 1 fully saturated rings. The van der Waals surface area contributed by atoms with Crippen molar-refractivity contribution < 1.29 is 33.8 Å². The highest BCUT2D eigenvalue weighted by molar-refractivity contribution is 6.08. The molecule has 1 saturated carbocycles. The van der Waals surface area contributed by atoms with Crippen molar-refractivity contribution in [3.8, 4) is 0 Å². The molecule has 1 heterocycles. The van der Waals surface area contributed by atoms with Crippen molar-refractivity contribution in [3.05, 3.63) is 52.3 Å². The molecular formula is C25H31N5O7. The van der Waals surface area contributed by atoms with E-state index < -0.39 is 30.9 Å².